The van der Waals surface area contributed by atoms with Gasteiger partial charge >= 0.3 is 0 Å². The molecule has 0 fully saturated rings. The van der Waals surface area contributed by atoms with Crippen LogP contribution in [0.2, 0.25) is 0 Å². The third-order valence-electron chi connectivity index (χ3n) is 4.81. The molecule has 3 heteroatoms. The molecule has 1 aliphatic heterocycles. The number of benzene rings is 3. The van der Waals surface area contributed by atoms with Crippen LogP contribution < -0.4 is 9.80 Å². The first-order chi connectivity index (χ1) is 12.1. The molecule has 1 aliphatic rings. The van der Waals surface area contributed by atoms with Crippen LogP contribution >= 0.6 is 0 Å². The van der Waals surface area contributed by atoms with E-state index in [0.717, 1.165) is 28.2 Å². The SMILES string of the molecule is Cc1cc(C#N)cc(C)c1N1c2ccccc2N(C)c2ccccc21. The molecule has 3 aromatic rings. The van der Waals surface area contributed by atoms with E-state index >= 15 is 0 Å². The van der Waals surface area contributed by atoms with Crippen molar-refractivity contribution in [1.82, 2.24) is 0 Å². The summed E-state index contributed by atoms with van der Waals surface area (Å²) in [4.78, 5) is 4.55. The third kappa shape index (κ3) is 2.27. The molecule has 0 unspecified atom stereocenters. The second-order valence-electron chi connectivity index (χ2n) is 6.44. The molecule has 4 rings (SSSR count). The van der Waals surface area contributed by atoms with Gasteiger partial charge in [0.2, 0.25) is 0 Å². The number of fused-ring (bicyclic) bond motifs is 2. The van der Waals surface area contributed by atoms with Gasteiger partial charge in [0, 0.05) is 7.05 Å². The summed E-state index contributed by atoms with van der Waals surface area (Å²) in [5.41, 5.74) is 8.70. The summed E-state index contributed by atoms with van der Waals surface area (Å²) in [6, 6.07) is 23.1. The van der Waals surface area contributed by atoms with Crippen LogP contribution in [0.25, 0.3) is 0 Å². The van der Waals surface area contributed by atoms with Gasteiger partial charge in [-0.2, -0.15) is 5.26 Å². The van der Waals surface area contributed by atoms with Crippen LogP contribution in [0.3, 0.4) is 0 Å². The van der Waals surface area contributed by atoms with E-state index in [9.17, 15) is 5.26 Å². The van der Waals surface area contributed by atoms with Gasteiger partial charge in [-0.3, -0.25) is 0 Å². The zero-order chi connectivity index (χ0) is 17.6. The number of hydrogen-bond acceptors (Lipinski definition) is 3. The number of para-hydroxylation sites is 4. The molecule has 1 heterocycles. The van der Waals surface area contributed by atoms with E-state index in [4.69, 9.17) is 0 Å². The van der Waals surface area contributed by atoms with Crippen LogP contribution in [-0.2, 0) is 0 Å². The first-order valence-corrected chi connectivity index (χ1v) is 8.35. The minimum atomic E-state index is 0.703. The van der Waals surface area contributed by atoms with Gasteiger partial charge in [0.1, 0.15) is 0 Å². The van der Waals surface area contributed by atoms with Crippen molar-refractivity contribution in [3.63, 3.8) is 0 Å². The molecule has 3 nitrogen and oxygen atoms in total. The van der Waals surface area contributed by atoms with Crippen LogP contribution in [0.15, 0.2) is 60.7 Å². The van der Waals surface area contributed by atoms with E-state index < -0.39 is 0 Å². The molecule has 3 aromatic carbocycles. The maximum atomic E-state index is 9.27. The van der Waals surface area contributed by atoms with Gasteiger partial charge in [0.15, 0.2) is 0 Å². The normalized spacial score (nSPS) is 12.4. The van der Waals surface area contributed by atoms with Crippen LogP contribution in [-0.4, -0.2) is 7.05 Å². The van der Waals surface area contributed by atoms with Gasteiger partial charge in [-0.05, 0) is 61.4 Å². The fourth-order valence-corrected chi connectivity index (χ4v) is 3.75. The summed E-state index contributed by atoms with van der Waals surface area (Å²) in [7, 11) is 2.10. The Kier molecular flexibility index (Phi) is 3.47. The minimum absolute atomic E-state index is 0.703. The standard InChI is InChI=1S/C22H19N3/c1-15-12-17(14-23)13-16(2)22(15)25-20-10-6-4-8-18(20)24(3)19-9-5-7-11-21(19)25/h4-13H,1-3H3. The molecule has 0 N–H and O–H groups in total. The lowest BCUT2D eigenvalue weighted by Crippen LogP contribution is -2.25. The second-order valence-corrected chi connectivity index (χ2v) is 6.44. The average Bonchev–Trinajstić information content (AvgIpc) is 2.63. The topological polar surface area (TPSA) is 30.3 Å². The molecular weight excluding hydrogens is 306 g/mol. The first-order valence-electron chi connectivity index (χ1n) is 8.35. The van der Waals surface area contributed by atoms with Crippen LogP contribution in [0.1, 0.15) is 16.7 Å². The predicted octanol–water partition coefficient (Wildman–Crippen LogP) is 5.73. The lowest BCUT2D eigenvalue weighted by Gasteiger charge is -2.39. The molecular formula is C22H19N3. The van der Waals surface area contributed by atoms with Gasteiger partial charge in [0.05, 0.1) is 40.1 Å². The minimum Gasteiger partial charge on any atom is -0.341 e. The number of aryl methyl sites for hydroxylation is 2. The van der Waals surface area contributed by atoms with Crippen molar-refractivity contribution < 1.29 is 0 Å². The highest BCUT2D eigenvalue weighted by Gasteiger charge is 2.28. The highest BCUT2D eigenvalue weighted by molar-refractivity contribution is 5.98. The van der Waals surface area contributed by atoms with Crippen molar-refractivity contribution in [2.45, 2.75) is 13.8 Å². The third-order valence-corrected chi connectivity index (χ3v) is 4.81. The molecule has 0 saturated carbocycles. The molecule has 0 bridgehead atoms. The monoisotopic (exact) mass is 325 g/mol. The summed E-state index contributed by atoms with van der Waals surface area (Å²) < 4.78 is 0. The Hall–Kier alpha value is -3.25. The highest BCUT2D eigenvalue weighted by atomic mass is 15.3. The molecule has 0 radical (unpaired) electrons. The van der Waals surface area contributed by atoms with E-state index in [0.29, 0.717) is 5.56 Å². The number of nitriles is 1. The summed E-state index contributed by atoms with van der Waals surface area (Å²) in [5.74, 6) is 0. The van der Waals surface area contributed by atoms with Crippen molar-refractivity contribution >= 4 is 28.4 Å². The number of hydrogen-bond donors (Lipinski definition) is 0. The van der Waals surface area contributed by atoms with Gasteiger partial charge in [-0.1, -0.05) is 24.3 Å². The molecule has 0 aromatic heterocycles. The predicted molar refractivity (Wildman–Crippen MR) is 103 cm³/mol. The zero-order valence-corrected chi connectivity index (χ0v) is 14.6. The van der Waals surface area contributed by atoms with Crippen LogP contribution in [0.4, 0.5) is 28.4 Å². The second kappa shape index (κ2) is 5.68. The molecule has 0 saturated heterocycles. The highest BCUT2D eigenvalue weighted by Crippen LogP contribution is 2.51. The lowest BCUT2D eigenvalue weighted by atomic mass is 10.00. The van der Waals surface area contributed by atoms with Gasteiger partial charge in [-0.25, -0.2) is 0 Å². The number of rotatable bonds is 1. The smallest absolute Gasteiger partial charge is 0.0991 e. The van der Waals surface area contributed by atoms with E-state index in [2.05, 4.69) is 85.3 Å². The molecule has 0 amide bonds. The summed E-state index contributed by atoms with van der Waals surface area (Å²) in [6.07, 6.45) is 0. The van der Waals surface area contributed by atoms with Crippen molar-refractivity contribution in [3.8, 4) is 6.07 Å². The zero-order valence-electron chi connectivity index (χ0n) is 14.6. The summed E-state index contributed by atoms with van der Waals surface area (Å²) in [6.45, 7) is 4.15. The average molecular weight is 325 g/mol. The molecule has 25 heavy (non-hydrogen) atoms. The summed E-state index contributed by atoms with van der Waals surface area (Å²) >= 11 is 0. The maximum absolute atomic E-state index is 9.27. The van der Waals surface area contributed by atoms with Crippen LogP contribution in [0.5, 0.6) is 0 Å². The molecule has 122 valence electrons. The van der Waals surface area contributed by atoms with E-state index in [1.807, 2.05) is 12.1 Å². The van der Waals surface area contributed by atoms with Crippen LogP contribution in [0, 0.1) is 25.2 Å². The largest absolute Gasteiger partial charge is 0.341 e. The Morgan fingerprint density at radius 2 is 1.20 bits per heavy atom. The fraction of sp³-hybridized carbons (Fsp3) is 0.136. The van der Waals surface area contributed by atoms with Gasteiger partial charge < -0.3 is 9.80 Å². The van der Waals surface area contributed by atoms with Crippen molar-refractivity contribution in [3.05, 3.63) is 77.4 Å². The maximum Gasteiger partial charge on any atom is 0.0991 e. The molecule has 0 atom stereocenters. The Bertz CT molecular complexity index is 943. The van der Waals surface area contributed by atoms with Crippen molar-refractivity contribution in [1.29, 1.82) is 5.26 Å². The van der Waals surface area contributed by atoms with Crippen molar-refractivity contribution in [2.75, 3.05) is 16.8 Å². The quantitative estimate of drug-likeness (QED) is 0.572. The fourth-order valence-electron chi connectivity index (χ4n) is 3.75. The van der Waals surface area contributed by atoms with Gasteiger partial charge in [0.25, 0.3) is 0 Å². The Balaban J connectivity index is 2.04. The van der Waals surface area contributed by atoms with E-state index in [1.54, 1.807) is 0 Å². The Labute approximate surface area is 148 Å². The lowest BCUT2D eigenvalue weighted by molar-refractivity contribution is 1.11. The summed E-state index contributed by atoms with van der Waals surface area (Å²) in [5, 5.41) is 9.27. The molecule has 0 aliphatic carbocycles. The van der Waals surface area contributed by atoms with E-state index in [-0.39, 0.29) is 0 Å². The van der Waals surface area contributed by atoms with E-state index in [1.165, 1.54) is 11.4 Å². The first kappa shape index (κ1) is 15.3. The number of nitrogens with zero attached hydrogens (tertiary/aromatic N) is 3. The van der Waals surface area contributed by atoms with Gasteiger partial charge in [-0.15, -0.1) is 0 Å². The molecule has 0 spiro atoms. The van der Waals surface area contributed by atoms with Crippen molar-refractivity contribution in [2.24, 2.45) is 0 Å². The number of anilines is 5. The Morgan fingerprint density at radius 1 is 0.760 bits per heavy atom. The Morgan fingerprint density at radius 3 is 1.64 bits per heavy atom.